The first-order valence-electron chi connectivity index (χ1n) is 12.2. The predicted molar refractivity (Wildman–Crippen MR) is 143 cm³/mol. The van der Waals surface area contributed by atoms with Gasteiger partial charge < -0.3 is 9.30 Å². The van der Waals surface area contributed by atoms with E-state index in [0.29, 0.717) is 24.4 Å². The Morgan fingerprint density at radius 2 is 1.65 bits per heavy atom. The molecule has 0 saturated carbocycles. The molecule has 4 aromatic rings. The third-order valence-electron chi connectivity index (χ3n) is 6.51. The largest absolute Gasteiger partial charge is 0.491 e. The third-order valence-corrected chi connectivity index (χ3v) is 6.51. The Morgan fingerprint density at radius 3 is 2.41 bits per heavy atom. The highest BCUT2D eigenvalue weighted by atomic mass is 16.5. The van der Waals surface area contributed by atoms with E-state index in [2.05, 4.69) is 5.32 Å². The third kappa shape index (κ3) is 4.76. The number of hydrogen-bond acceptors (Lipinski definition) is 4. The molecule has 1 fully saturated rings. The minimum Gasteiger partial charge on any atom is -0.491 e. The van der Waals surface area contributed by atoms with Crippen molar-refractivity contribution in [2.24, 2.45) is 0 Å². The number of amides is 4. The van der Waals surface area contributed by atoms with Crippen molar-refractivity contribution in [3.8, 4) is 5.75 Å². The monoisotopic (exact) mass is 493 g/mol. The van der Waals surface area contributed by atoms with E-state index < -0.39 is 17.8 Å². The molecule has 1 aromatic heterocycles. The molecule has 4 amide bonds. The summed E-state index contributed by atoms with van der Waals surface area (Å²) < 4.78 is 8.01. The SMILES string of the molecule is CCc1ccc(N2C(=O)NC(=O)C(=Cc3cn(CCOc4ccccc4C)c4ccccc34)C2=O)cc1. The molecule has 37 heavy (non-hydrogen) atoms. The molecule has 1 N–H and O–H groups in total. The van der Waals surface area contributed by atoms with Crippen LogP contribution in [0.1, 0.15) is 23.6 Å². The van der Waals surface area contributed by atoms with Crippen molar-refractivity contribution in [1.82, 2.24) is 9.88 Å². The lowest BCUT2D eigenvalue weighted by molar-refractivity contribution is -0.122. The number of benzene rings is 3. The zero-order valence-corrected chi connectivity index (χ0v) is 20.7. The van der Waals surface area contributed by atoms with Gasteiger partial charge >= 0.3 is 6.03 Å². The molecule has 0 bridgehead atoms. The standard InChI is InChI=1S/C30H27N3O4/c1-3-21-12-14-23(15-13-21)33-29(35)25(28(34)31-30(33)36)18-22-19-32(26-10-6-5-9-24(22)26)16-17-37-27-11-7-4-8-20(27)2/h4-15,18-19H,3,16-17H2,1-2H3,(H,31,34,36). The highest BCUT2D eigenvalue weighted by Gasteiger charge is 2.37. The summed E-state index contributed by atoms with van der Waals surface area (Å²) in [5.74, 6) is -0.531. The second-order valence-electron chi connectivity index (χ2n) is 8.89. The summed E-state index contributed by atoms with van der Waals surface area (Å²) in [5, 5.41) is 3.19. The summed E-state index contributed by atoms with van der Waals surface area (Å²) >= 11 is 0. The van der Waals surface area contributed by atoms with Crippen molar-refractivity contribution in [3.05, 3.63) is 101 Å². The Bertz CT molecular complexity index is 1530. The Morgan fingerprint density at radius 1 is 0.919 bits per heavy atom. The van der Waals surface area contributed by atoms with E-state index in [9.17, 15) is 14.4 Å². The summed E-state index contributed by atoms with van der Waals surface area (Å²) in [5.41, 5.74) is 4.12. The molecule has 0 unspecified atom stereocenters. The van der Waals surface area contributed by atoms with E-state index in [1.165, 1.54) is 0 Å². The van der Waals surface area contributed by atoms with Gasteiger partial charge in [-0.15, -0.1) is 0 Å². The van der Waals surface area contributed by atoms with Crippen LogP contribution in [0.4, 0.5) is 10.5 Å². The van der Waals surface area contributed by atoms with Crippen molar-refractivity contribution in [1.29, 1.82) is 0 Å². The Labute approximate surface area is 215 Å². The smallest absolute Gasteiger partial charge is 0.335 e. The van der Waals surface area contributed by atoms with Gasteiger partial charge in [0, 0.05) is 22.7 Å². The van der Waals surface area contributed by atoms with Crippen LogP contribution >= 0.6 is 0 Å². The number of rotatable bonds is 7. The summed E-state index contributed by atoms with van der Waals surface area (Å²) in [4.78, 5) is 39.7. The van der Waals surface area contributed by atoms with Crippen molar-refractivity contribution in [3.63, 3.8) is 0 Å². The maximum absolute atomic E-state index is 13.4. The number of nitrogens with one attached hydrogen (secondary N) is 1. The van der Waals surface area contributed by atoms with Crippen LogP contribution in [0.3, 0.4) is 0 Å². The highest BCUT2D eigenvalue weighted by Crippen LogP contribution is 2.27. The fourth-order valence-corrected chi connectivity index (χ4v) is 4.48. The van der Waals surface area contributed by atoms with Crippen LogP contribution in [-0.2, 0) is 22.6 Å². The van der Waals surface area contributed by atoms with Crippen LogP contribution in [0.2, 0.25) is 0 Å². The van der Waals surface area contributed by atoms with E-state index in [0.717, 1.165) is 39.1 Å². The minimum absolute atomic E-state index is 0.0989. The van der Waals surface area contributed by atoms with Crippen molar-refractivity contribution >= 4 is 40.5 Å². The number of imide groups is 2. The quantitative estimate of drug-likeness (QED) is 0.281. The number of carbonyl (C=O) groups is 3. The van der Waals surface area contributed by atoms with Gasteiger partial charge in [0.1, 0.15) is 17.9 Å². The van der Waals surface area contributed by atoms with E-state index in [4.69, 9.17) is 4.74 Å². The molecule has 0 atom stereocenters. The molecule has 1 aliphatic heterocycles. The molecule has 0 radical (unpaired) electrons. The van der Waals surface area contributed by atoms with Crippen molar-refractivity contribution < 1.29 is 19.1 Å². The van der Waals surface area contributed by atoms with Gasteiger partial charge in [0.05, 0.1) is 12.2 Å². The molecular weight excluding hydrogens is 466 g/mol. The molecule has 1 saturated heterocycles. The topological polar surface area (TPSA) is 80.6 Å². The van der Waals surface area contributed by atoms with Crippen LogP contribution in [0.25, 0.3) is 17.0 Å². The molecular formula is C30H27N3O4. The van der Waals surface area contributed by atoms with Crippen LogP contribution < -0.4 is 15.0 Å². The second kappa shape index (κ2) is 10.1. The minimum atomic E-state index is -0.757. The first-order chi connectivity index (χ1) is 18.0. The summed E-state index contributed by atoms with van der Waals surface area (Å²) in [6.07, 6.45) is 4.29. The molecule has 186 valence electrons. The molecule has 7 nitrogen and oxygen atoms in total. The van der Waals surface area contributed by atoms with Crippen molar-refractivity contribution in [2.75, 3.05) is 11.5 Å². The average molecular weight is 494 g/mol. The lowest BCUT2D eigenvalue weighted by Gasteiger charge is -2.26. The van der Waals surface area contributed by atoms with E-state index >= 15 is 0 Å². The number of barbiturate groups is 1. The van der Waals surface area contributed by atoms with Gasteiger partial charge in [-0.25, -0.2) is 9.69 Å². The van der Waals surface area contributed by atoms with Gasteiger partial charge in [0.15, 0.2) is 0 Å². The van der Waals surface area contributed by atoms with E-state index in [1.54, 1.807) is 18.2 Å². The number of para-hydroxylation sites is 2. The van der Waals surface area contributed by atoms with Gasteiger partial charge in [-0.2, -0.15) is 0 Å². The van der Waals surface area contributed by atoms with E-state index in [-0.39, 0.29) is 5.57 Å². The van der Waals surface area contributed by atoms with Crippen LogP contribution in [-0.4, -0.2) is 29.0 Å². The lowest BCUT2D eigenvalue weighted by atomic mass is 10.1. The molecule has 7 heteroatoms. The first-order valence-corrected chi connectivity index (χ1v) is 12.2. The molecule has 0 aliphatic carbocycles. The van der Waals surface area contributed by atoms with Gasteiger partial charge in [-0.05, 0) is 54.8 Å². The zero-order chi connectivity index (χ0) is 25.9. The molecule has 2 heterocycles. The van der Waals surface area contributed by atoms with Crippen LogP contribution in [0.5, 0.6) is 5.75 Å². The summed E-state index contributed by atoms with van der Waals surface area (Å²) in [6, 6.07) is 22.0. The first kappa shape index (κ1) is 24.1. The van der Waals surface area contributed by atoms with Crippen LogP contribution in [0, 0.1) is 6.92 Å². The number of urea groups is 1. The number of carbonyl (C=O) groups excluding carboxylic acids is 3. The average Bonchev–Trinajstić information content (AvgIpc) is 3.25. The lowest BCUT2D eigenvalue weighted by Crippen LogP contribution is -2.54. The van der Waals surface area contributed by atoms with Crippen LogP contribution in [0.15, 0.2) is 84.6 Å². The number of anilines is 1. The maximum Gasteiger partial charge on any atom is 0.335 e. The van der Waals surface area contributed by atoms with Gasteiger partial charge in [-0.1, -0.05) is 55.5 Å². The number of nitrogens with zero attached hydrogens (tertiary/aromatic N) is 2. The predicted octanol–water partition coefficient (Wildman–Crippen LogP) is 5.26. The fourth-order valence-electron chi connectivity index (χ4n) is 4.48. The highest BCUT2D eigenvalue weighted by molar-refractivity contribution is 6.39. The maximum atomic E-state index is 13.4. The normalized spacial score (nSPS) is 14.9. The van der Waals surface area contributed by atoms with Crippen molar-refractivity contribution in [2.45, 2.75) is 26.8 Å². The van der Waals surface area contributed by atoms with Gasteiger partial charge in [0.25, 0.3) is 11.8 Å². The number of aromatic nitrogens is 1. The van der Waals surface area contributed by atoms with Gasteiger partial charge in [-0.3, -0.25) is 14.9 Å². The number of aryl methyl sites for hydroxylation is 2. The Balaban J connectivity index is 1.45. The molecule has 5 rings (SSSR count). The fraction of sp³-hybridized carbons (Fsp3) is 0.167. The Hall–Kier alpha value is -4.65. The summed E-state index contributed by atoms with van der Waals surface area (Å²) in [6.45, 7) is 5.06. The summed E-state index contributed by atoms with van der Waals surface area (Å²) in [7, 11) is 0. The zero-order valence-electron chi connectivity index (χ0n) is 20.7. The number of fused-ring (bicyclic) bond motifs is 1. The second-order valence-corrected chi connectivity index (χ2v) is 8.89. The van der Waals surface area contributed by atoms with Gasteiger partial charge in [0.2, 0.25) is 0 Å². The number of hydrogen-bond donors (Lipinski definition) is 1. The molecule has 0 spiro atoms. The number of ether oxygens (including phenoxy) is 1. The Kier molecular flexibility index (Phi) is 6.60. The molecule has 3 aromatic carbocycles. The molecule has 1 aliphatic rings. The van der Waals surface area contributed by atoms with E-state index in [1.807, 2.05) is 85.3 Å².